The second kappa shape index (κ2) is 7.84. The van der Waals surface area contributed by atoms with Crippen LogP contribution in [0, 0.1) is 0 Å². The number of rotatable bonds is 5. The summed E-state index contributed by atoms with van der Waals surface area (Å²) in [5.41, 5.74) is 4.49. The first-order valence-corrected chi connectivity index (χ1v) is 10.4. The van der Waals surface area contributed by atoms with Crippen molar-refractivity contribution in [1.82, 2.24) is 10.3 Å². The molecule has 5 nitrogen and oxygen atoms in total. The number of hydrogen-bond donors (Lipinski definition) is 3. The molecule has 0 aliphatic carbocycles. The van der Waals surface area contributed by atoms with Crippen molar-refractivity contribution in [2.75, 3.05) is 24.5 Å². The molecule has 1 aromatic heterocycles. The Morgan fingerprint density at radius 3 is 2.77 bits per heavy atom. The Morgan fingerprint density at radius 2 is 1.87 bits per heavy atom. The molecule has 1 aliphatic heterocycles. The van der Waals surface area contributed by atoms with Crippen LogP contribution in [0.1, 0.15) is 11.1 Å². The summed E-state index contributed by atoms with van der Waals surface area (Å²) in [6.07, 6.45) is 2.95. The zero-order valence-electron chi connectivity index (χ0n) is 16.8. The number of nitrogens with zero attached hydrogens (tertiary/aromatic N) is 1. The van der Waals surface area contributed by atoms with Crippen LogP contribution < -0.4 is 10.2 Å². The third-order valence-corrected chi connectivity index (χ3v) is 5.91. The number of para-hydroxylation sites is 1. The number of fused-ring (bicyclic) bond motifs is 4. The minimum atomic E-state index is -0.460. The molecule has 0 spiro atoms. The fraction of sp³-hybridized carbons (Fsp3) is 0.240. The fourth-order valence-electron chi connectivity index (χ4n) is 4.55. The summed E-state index contributed by atoms with van der Waals surface area (Å²) in [4.78, 5) is 18.0. The van der Waals surface area contributed by atoms with Gasteiger partial charge in [-0.25, -0.2) is 0 Å². The van der Waals surface area contributed by atoms with E-state index in [1.165, 1.54) is 10.9 Å². The van der Waals surface area contributed by atoms with Gasteiger partial charge in [0.15, 0.2) is 0 Å². The van der Waals surface area contributed by atoms with Crippen LogP contribution in [0.5, 0.6) is 0 Å². The number of amides is 1. The molecule has 1 aliphatic rings. The second-order valence-corrected chi connectivity index (χ2v) is 7.99. The molecule has 0 bridgehead atoms. The molecule has 1 atom stereocenters. The fourth-order valence-corrected chi connectivity index (χ4v) is 4.55. The van der Waals surface area contributed by atoms with Crippen molar-refractivity contribution in [1.29, 1.82) is 0 Å². The summed E-state index contributed by atoms with van der Waals surface area (Å²) in [6.45, 7) is 1.29. The smallest absolute Gasteiger partial charge is 0.239 e. The Labute approximate surface area is 175 Å². The summed E-state index contributed by atoms with van der Waals surface area (Å²) in [6, 6.07) is 20.6. The van der Waals surface area contributed by atoms with Crippen LogP contribution in [-0.2, 0) is 17.6 Å². The number of aromatic nitrogens is 1. The number of carbonyl (C=O) groups excluding carboxylic acids is 1. The van der Waals surface area contributed by atoms with Gasteiger partial charge in [-0.1, -0.05) is 54.6 Å². The van der Waals surface area contributed by atoms with Crippen LogP contribution in [0.25, 0.3) is 21.7 Å². The molecule has 0 fully saturated rings. The van der Waals surface area contributed by atoms with E-state index in [0.29, 0.717) is 19.5 Å². The van der Waals surface area contributed by atoms with Crippen molar-refractivity contribution in [3.05, 3.63) is 78.0 Å². The van der Waals surface area contributed by atoms with Crippen molar-refractivity contribution in [3.63, 3.8) is 0 Å². The Balaban J connectivity index is 1.29. The number of anilines is 1. The van der Waals surface area contributed by atoms with Gasteiger partial charge in [0.25, 0.3) is 0 Å². The van der Waals surface area contributed by atoms with E-state index < -0.39 is 6.10 Å². The Hall–Kier alpha value is -3.31. The minimum absolute atomic E-state index is 0.0252. The van der Waals surface area contributed by atoms with Gasteiger partial charge in [0, 0.05) is 47.7 Å². The highest BCUT2D eigenvalue weighted by molar-refractivity contribution is 5.98. The van der Waals surface area contributed by atoms with Crippen molar-refractivity contribution < 1.29 is 9.90 Å². The SMILES string of the molecule is O=C(CN1C[C@@H](O)Cc2ccc3ccccc3c21)NCCc1c[nH]c2ccccc12. The highest BCUT2D eigenvalue weighted by Gasteiger charge is 2.26. The summed E-state index contributed by atoms with van der Waals surface area (Å²) in [7, 11) is 0. The van der Waals surface area contributed by atoms with Crippen LogP contribution in [0.15, 0.2) is 66.9 Å². The maximum Gasteiger partial charge on any atom is 0.239 e. The minimum Gasteiger partial charge on any atom is -0.391 e. The van der Waals surface area contributed by atoms with E-state index in [0.717, 1.165) is 34.0 Å². The van der Waals surface area contributed by atoms with Crippen LogP contribution in [0.2, 0.25) is 0 Å². The number of aromatic amines is 1. The number of carbonyl (C=O) groups is 1. The molecule has 5 rings (SSSR count). The first kappa shape index (κ1) is 18.7. The maximum atomic E-state index is 12.7. The number of aliphatic hydroxyl groups excluding tert-OH is 1. The topological polar surface area (TPSA) is 68.4 Å². The number of aliphatic hydroxyl groups is 1. The van der Waals surface area contributed by atoms with E-state index in [1.807, 2.05) is 35.4 Å². The van der Waals surface area contributed by atoms with Gasteiger partial charge >= 0.3 is 0 Å². The molecule has 3 N–H and O–H groups in total. The molecular weight excluding hydrogens is 374 g/mol. The lowest BCUT2D eigenvalue weighted by molar-refractivity contribution is -0.119. The van der Waals surface area contributed by atoms with Gasteiger partial charge in [-0.2, -0.15) is 0 Å². The number of benzene rings is 3. The molecule has 5 heteroatoms. The summed E-state index contributed by atoms with van der Waals surface area (Å²) in [5, 5.41) is 16.9. The predicted octanol–water partition coefficient (Wildman–Crippen LogP) is 3.40. The summed E-state index contributed by atoms with van der Waals surface area (Å²) < 4.78 is 0. The highest BCUT2D eigenvalue weighted by atomic mass is 16.3. The molecule has 30 heavy (non-hydrogen) atoms. The molecular formula is C25H25N3O2. The van der Waals surface area contributed by atoms with Gasteiger partial charge in [0.1, 0.15) is 0 Å². The van der Waals surface area contributed by atoms with E-state index in [9.17, 15) is 9.90 Å². The zero-order chi connectivity index (χ0) is 20.5. The summed E-state index contributed by atoms with van der Waals surface area (Å²) in [5.74, 6) is -0.0252. The largest absolute Gasteiger partial charge is 0.391 e. The third-order valence-electron chi connectivity index (χ3n) is 5.91. The number of hydrogen-bond acceptors (Lipinski definition) is 3. The quantitative estimate of drug-likeness (QED) is 0.482. The lowest BCUT2D eigenvalue weighted by Gasteiger charge is -2.34. The van der Waals surface area contributed by atoms with Crippen LogP contribution >= 0.6 is 0 Å². The number of β-amino-alcohol motifs (C(OH)–C–C–N with tert-alkyl or cyclic N) is 1. The number of nitrogens with one attached hydrogen (secondary N) is 2. The second-order valence-electron chi connectivity index (χ2n) is 7.99. The Kier molecular flexibility index (Phi) is 4.89. The van der Waals surface area contributed by atoms with Gasteiger partial charge < -0.3 is 20.3 Å². The van der Waals surface area contributed by atoms with Crippen LogP contribution in [-0.4, -0.2) is 41.7 Å². The van der Waals surface area contributed by atoms with Crippen molar-refractivity contribution in [3.8, 4) is 0 Å². The van der Waals surface area contributed by atoms with Gasteiger partial charge in [-0.15, -0.1) is 0 Å². The van der Waals surface area contributed by atoms with Gasteiger partial charge in [0.05, 0.1) is 12.6 Å². The maximum absolute atomic E-state index is 12.7. The Bertz CT molecular complexity index is 1210. The van der Waals surface area contributed by atoms with Gasteiger partial charge in [0.2, 0.25) is 5.91 Å². The third kappa shape index (κ3) is 3.53. The van der Waals surface area contributed by atoms with E-state index in [-0.39, 0.29) is 12.5 Å². The summed E-state index contributed by atoms with van der Waals surface area (Å²) >= 11 is 0. The Morgan fingerprint density at radius 1 is 1.07 bits per heavy atom. The van der Waals surface area contributed by atoms with Crippen molar-refractivity contribution in [2.45, 2.75) is 18.9 Å². The van der Waals surface area contributed by atoms with Crippen molar-refractivity contribution in [2.24, 2.45) is 0 Å². The van der Waals surface area contributed by atoms with Crippen LogP contribution in [0.3, 0.4) is 0 Å². The van der Waals surface area contributed by atoms with E-state index in [2.05, 4.69) is 46.7 Å². The molecule has 0 saturated carbocycles. The average Bonchev–Trinajstić information content (AvgIpc) is 3.16. The first-order chi connectivity index (χ1) is 14.7. The van der Waals surface area contributed by atoms with E-state index in [4.69, 9.17) is 0 Å². The lowest BCUT2D eigenvalue weighted by Crippen LogP contribution is -2.44. The lowest BCUT2D eigenvalue weighted by atomic mass is 9.95. The molecule has 0 saturated heterocycles. The monoisotopic (exact) mass is 399 g/mol. The van der Waals surface area contributed by atoms with Gasteiger partial charge in [-0.3, -0.25) is 4.79 Å². The van der Waals surface area contributed by atoms with Gasteiger partial charge in [-0.05, 0) is 29.0 Å². The van der Waals surface area contributed by atoms with Crippen LogP contribution in [0.4, 0.5) is 5.69 Å². The van der Waals surface area contributed by atoms with Crippen molar-refractivity contribution >= 4 is 33.3 Å². The van der Waals surface area contributed by atoms with E-state index >= 15 is 0 Å². The standard InChI is InChI=1S/C25H25N3O2/c29-20-13-18-10-9-17-5-1-2-7-22(17)25(18)28(15-20)16-24(30)26-12-11-19-14-27-23-8-4-3-6-21(19)23/h1-10,14,20,27,29H,11-13,15-16H2,(H,26,30)/t20-/m0/s1. The molecule has 0 radical (unpaired) electrons. The molecule has 3 aromatic carbocycles. The highest BCUT2D eigenvalue weighted by Crippen LogP contribution is 2.34. The average molecular weight is 399 g/mol. The predicted molar refractivity (Wildman–Crippen MR) is 121 cm³/mol. The first-order valence-electron chi connectivity index (χ1n) is 10.4. The normalized spacial score (nSPS) is 16.0. The molecule has 0 unspecified atom stereocenters. The molecule has 152 valence electrons. The van der Waals surface area contributed by atoms with E-state index in [1.54, 1.807) is 0 Å². The molecule has 1 amide bonds. The number of H-pyrrole nitrogens is 1. The zero-order valence-corrected chi connectivity index (χ0v) is 16.8. The molecule has 4 aromatic rings. The molecule has 2 heterocycles.